The van der Waals surface area contributed by atoms with Gasteiger partial charge < -0.3 is 9.30 Å². The fraction of sp³-hybridized carbons (Fsp3) is 0.250. The number of hydrogen-bond donors (Lipinski definition) is 0. The summed E-state index contributed by atoms with van der Waals surface area (Å²) in [6.45, 7) is 3.73. The second-order valence-electron chi connectivity index (χ2n) is 4.84. The second-order valence-corrected chi connectivity index (χ2v) is 8.72. The number of nitrogens with zero attached hydrogens (tertiary/aromatic N) is 2. The lowest BCUT2D eigenvalue weighted by Gasteiger charge is -2.06. The van der Waals surface area contributed by atoms with Gasteiger partial charge in [-0.2, -0.15) is 4.99 Å². The van der Waals surface area contributed by atoms with Crippen LogP contribution in [0.5, 0.6) is 0 Å². The summed E-state index contributed by atoms with van der Waals surface area (Å²) in [5.41, 5.74) is 0.891. The number of benzene rings is 1. The van der Waals surface area contributed by atoms with E-state index in [2.05, 4.69) is 20.9 Å². The maximum Gasteiger partial charge on any atom is 0.289 e. The Balaban J connectivity index is 2.08. The van der Waals surface area contributed by atoms with Crippen LogP contribution in [-0.2, 0) is 11.3 Å². The maximum absolute atomic E-state index is 12.4. The van der Waals surface area contributed by atoms with Crippen LogP contribution < -0.4 is 4.80 Å². The fourth-order valence-electron chi connectivity index (χ4n) is 2.25. The van der Waals surface area contributed by atoms with E-state index >= 15 is 0 Å². The third-order valence-corrected chi connectivity index (χ3v) is 6.26. The van der Waals surface area contributed by atoms with Gasteiger partial charge in [0.1, 0.15) is 0 Å². The zero-order chi connectivity index (χ0) is 17.1. The molecular weight excluding hydrogens is 432 g/mol. The number of fused-ring (bicyclic) bond motifs is 1. The Bertz CT molecular complexity index is 945. The molecule has 0 aliphatic heterocycles. The molecule has 0 atom stereocenters. The van der Waals surface area contributed by atoms with Crippen LogP contribution in [0, 0.1) is 0 Å². The lowest BCUT2D eigenvalue weighted by atomic mass is 10.3. The van der Waals surface area contributed by atoms with E-state index in [1.807, 2.05) is 35.8 Å². The molecule has 0 aliphatic carbocycles. The minimum atomic E-state index is -0.251. The van der Waals surface area contributed by atoms with E-state index in [0.717, 1.165) is 14.0 Å². The standard InChI is InChI=1S/C16H14BrClN2O2S2/c1-2-22-9-8-20-14-10(18)4-3-5-11(14)24-16(20)19-15(21)12-6-7-13(17)23-12/h3-7H,2,8-9H2,1H3. The van der Waals surface area contributed by atoms with Crippen LogP contribution in [-0.4, -0.2) is 23.7 Å². The minimum absolute atomic E-state index is 0.251. The number of carbonyl (C=O) groups is 1. The minimum Gasteiger partial charge on any atom is -0.380 e. The van der Waals surface area contributed by atoms with E-state index < -0.39 is 0 Å². The molecule has 0 N–H and O–H groups in total. The molecule has 2 aromatic heterocycles. The van der Waals surface area contributed by atoms with Crippen molar-refractivity contribution in [2.45, 2.75) is 13.5 Å². The quantitative estimate of drug-likeness (QED) is 0.521. The van der Waals surface area contributed by atoms with Gasteiger partial charge in [-0.3, -0.25) is 4.79 Å². The molecule has 0 saturated heterocycles. The predicted octanol–water partition coefficient (Wildman–Crippen LogP) is 4.96. The van der Waals surface area contributed by atoms with Gasteiger partial charge >= 0.3 is 0 Å². The van der Waals surface area contributed by atoms with Crippen molar-refractivity contribution in [1.82, 2.24) is 4.57 Å². The highest BCUT2D eigenvalue weighted by atomic mass is 79.9. The van der Waals surface area contributed by atoms with Crippen LogP contribution in [0.1, 0.15) is 16.6 Å². The van der Waals surface area contributed by atoms with Gasteiger partial charge in [0.2, 0.25) is 0 Å². The third kappa shape index (κ3) is 3.81. The summed E-state index contributed by atoms with van der Waals surface area (Å²) in [5, 5.41) is 0.646. The van der Waals surface area contributed by atoms with Crippen LogP contribution in [0.4, 0.5) is 0 Å². The highest BCUT2D eigenvalue weighted by Gasteiger charge is 2.12. The maximum atomic E-state index is 12.4. The average molecular weight is 446 g/mol. The first-order valence-corrected chi connectivity index (χ1v) is 10.1. The number of ether oxygens (including phenoxy) is 1. The molecule has 1 amide bonds. The SMILES string of the molecule is CCOCCn1c(=NC(=O)c2ccc(Br)s2)sc2cccc(Cl)c21. The van der Waals surface area contributed by atoms with Gasteiger partial charge in [-0.1, -0.05) is 29.0 Å². The van der Waals surface area contributed by atoms with Gasteiger partial charge in [0.15, 0.2) is 4.80 Å². The first-order valence-electron chi connectivity index (χ1n) is 7.30. The largest absolute Gasteiger partial charge is 0.380 e. The van der Waals surface area contributed by atoms with Crippen LogP contribution >= 0.6 is 50.2 Å². The molecule has 126 valence electrons. The van der Waals surface area contributed by atoms with E-state index in [1.165, 1.54) is 22.7 Å². The van der Waals surface area contributed by atoms with Crippen molar-refractivity contribution in [2.24, 2.45) is 4.99 Å². The molecule has 0 spiro atoms. The number of thiophene rings is 1. The monoisotopic (exact) mass is 444 g/mol. The molecule has 8 heteroatoms. The number of halogens is 2. The third-order valence-electron chi connectivity index (χ3n) is 3.30. The van der Waals surface area contributed by atoms with Crippen molar-refractivity contribution in [3.8, 4) is 0 Å². The van der Waals surface area contributed by atoms with Crippen molar-refractivity contribution in [3.05, 3.63) is 48.8 Å². The molecule has 3 aromatic rings. The van der Waals surface area contributed by atoms with Crippen molar-refractivity contribution in [1.29, 1.82) is 0 Å². The van der Waals surface area contributed by atoms with Gasteiger partial charge in [0, 0.05) is 13.2 Å². The molecule has 2 heterocycles. The van der Waals surface area contributed by atoms with Crippen molar-refractivity contribution in [2.75, 3.05) is 13.2 Å². The van der Waals surface area contributed by atoms with Gasteiger partial charge in [0.05, 0.1) is 30.5 Å². The van der Waals surface area contributed by atoms with E-state index in [4.69, 9.17) is 16.3 Å². The molecule has 0 fully saturated rings. The Kier molecular flexibility index (Phi) is 5.89. The highest BCUT2D eigenvalue weighted by Crippen LogP contribution is 2.26. The second kappa shape index (κ2) is 7.93. The Morgan fingerprint density at radius 2 is 2.17 bits per heavy atom. The van der Waals surface area contributed by atoms with Crippen molar-refractivity contribution >= 4 is 66.3 Å². The predicted molar refractivity (Wildman–Crippen MR) is 103 cm³/mol. The molecule has 0 saturated carbocycles. The summed E-state index contributed by atoms with van der Waals surface area (Å²) in [5.74, 6) is -0.251. The van der Waals surface area contributed by atoms with E-state index in [0.29, 0.717) is 34.5 Å². The number of hydrogen-bond acceptors (Lipinski definition) is 4. The van der Waals surface area contributed by atoms with Gasteiger partial charge in [-0.05, 0) is 47.1 Å². The van der Waals surface area contributed by atoms with E-state index in [1.54, 1.807) is 6.07 Å². The van der Waals surface area contributed by atoms with Crippen molar-refractivity contribution in [3.63, 3.8) is 0 Å². The molecule has 0 unspecified atom stereocenters. The summed E-state index contributed by atoms with van der Waals surface area (Å²) in [7, 11) is 0. The number of amides is 1. The number of rotatable bonds is 5. The lowest BCUT2D eigenvalue weighted by Crippen LogP contribution is -2.19. The van der Waals surface area contributed by atoms with Crippen LogP contribution in [0.25, 0.3) is 10.2 Å². The normalized spacial score (nSPS) is 12.2. The van der Waals surface area contributed by atoms with E-state index in [-0.39, 0.29) is 5.91 Å². The highest BCUT2D eigenvalue weighted by molar-refractivity contribution is 9.11. The van der Waals surface area contributed by atoms with Crippen LogP contribution in [0.2, 0.25) is 5.02 Å². The molecule has 0 bridgehead atoms. The zero-order valence-corrected chi connectivity index (χ0v) is 16.8. The smallest absolute Gasteiger partial charge is 0.289 e. The molecule has 4 nitrogen and oxygen atoms in total. The van der Waals surface area contributed by atoms with Gasteiger partial charge in [-0.25, -0.2) is 0 Å². The van der Waals surface area contributed by atoms with Gasteiger partial charge in [-0.15, -0.1) is 11.3 Å². The first-order chi connectivity index (χ1) is 11.6. The topological polar surface area (TPSA) is 43.6 Å². The number of aromatic nitrogens is 1. The van der Waals surface area contributed by atoms with Crippen LogP contribution in [0.3, 0.4) is 0 Å². The number of para-hydroxylation sites is 1. The summed E-state index contributed by atoms with van der Waals surface area (Å²) in [6.07, 6.45) is 0. The number of carbonyl (C=O) groups excluding carboxylic acids is 1. The average Bonchev–Trinajstić information content (AvgIpc) is 3.13. The van der Waals surface area contributed by atoms with Gasteiger partial charge in [0.25, 0.3) is 5.91 Å². The molecular formula is C16H14BrClN2O2S2. The molecule has 0 aliphatic rings. The molecule has 3 rings (SSSR count). The Labute approximate surface area is 160 Å². The molecule has 0 radical (unpaired) electrons. The first kappa shape index (κ1) is 17.8. The molecule has 1 aromatic carbocycles. The zero-order valence-electron chi connectivity index (χ0n) is 12.8. The Hall–Kier alpha value is -0.990. The Morgan fingerprint density at radius 3 is 2.88 bits per heavy atom. The number of thiazole rings is 1. The van der Waals surface area contributed by atoms with E-state index in [9.17, 15) is 4.79 Å². The van der Waals surface area contributed by atoms with Crippen molar-refractivity contribution < 1.29 is 9.53 Å². The summed E-state index contributed by atoms with van der Waals surface area (Å²) < 4.78 is 9.32. The molecule has 24 heavy (non-hydrogen) atoms. The van der Waals surface area contributed by atoms with Crippen LogP contribution in [0.15, 0.2) is 39.1 Å². The fourth-order valence-corrected chi connectivity index (χ4v) is 4.94. The summed E-state index contributed by atoms with van der Waals surface area (Å²) in [6, 6.07) is 9.34. The summed E-state index contributed by atoms with van der Waals surface area (Å²) >= 11 is 12.6. The lowest BCUT2D eigenvalue weighted by molar-refractivity contribution is 0.100. The Morgan fingerprint density at radius 1 is 1.33 bits per heavy atom. The summed E-state index contributed by atoms with van der Waals surface area (Å²) in [4.78, 5) is 18.0.